The van der Waals surface area contributed by atoms with Gasteiger partial charge >= 0.3 is 0 Å². The largest absolute Gasteiger partial charge is 0.339 e. The summed E-state index contributed by atoms with van der Waals surface area (Å²) in [4.78, 5) is 4.11. The zero-order valence-corrected chi connectivity index (χ0v) is 11.7. The van der Waals surface area contributed by atoms with E-state index >= 15 is 0 Å². The molecule has 0 amide bonds. The molecule has 1 atom stereocenters. The van der Waals surface area contributed by atoms with Crippen LogP contribution >= 0.6 is 0 Å². The van der Waals surface area contributed by atoms with Crippen molar-refractivity contribution >= 4 is 9.84 Å². The molecule has 7 heteroatoms. The second-order valence-electron chi connectivity index (χ2n) is 4.47. The van der Waals surface area contributed by atoms with E-state index in [1.54, 1.807) is 6.92 Å². The molecule has 0 aliphatic carbocycles. The number of aromatic nitrogens is 2. The fraction of sp³-hybridized carbons (Fsp3) is 0.818. The zero-order valence-electron chi connectivity index (χ0n) is 10.9. The number of hydrogen-bond acceptors (Lipinski definition) is 6. The highest BCUT2D eigenvalue weighted by Crippen LogP contribution is 2.18. The summed E-state index contributed by atoms with van der Waals surface area (Å²) in [5, 5.41) is 3.00. The number of nitrogens with two attached hydrogens (primary N) is 1. The summed E-state index contributed by atoms with van der Waals surface area (Å²) in [5.41, 5.74) is 5.40. The minimum absolute atomic E-state index is 0.245. The summed E-state index contributed by atoms with van der Waals surface area (Å²) in [6.07, 6.45) is 6.00. The second kappa shape index (κ2) is 6.84. The van der Waals surface area contributed by atoms with Crippen molar-refractivity contribution in [2.45, 2.75) is 44.3 Å². The summed E-state index contributed by atoms with van der Waals surface area (Å²) in [6, 6.07) is 0. The molecule has 1 heterocycles. The first-order valence-electron chi connectivity index (χ1n) is 6.16. The van der Waals surface area contributed by atoms with Crippen LogP contribution in [0, 0.1) is 0 Å². The van der Waals surface area contributed by atoms with Crippen LogP contribution in [-0.4, -0.2) is 31.4 Å². The molecule has 0 aliphatic rings. The van der Waals surface area contributed by atoms with Gasteiger partial charge in [0.05, 0.1) is 0 Å². The molecule has 0 spiro atoms. The minimum Gasteiger partial charge on any atom is -0.339 e. The lowest BCUT2D eigenvalue weighted by Gasteiger charge is -2.01. The summed E-state index contributed by atoms with van der Waals surface area (Å²) in [6.45, 7) is 2.28. The monoisotopic (exact) mass is 275 g/mol. The molecule has 0 saturated heterocycles. The van der Waals surface area contributed by atoms with E-state index in [4.69, 9.17) is 10.3 Å². The number of hydrogen-bond donors (Lipinski definition) is 1. The normalized spacial score (nSPS) is 13.7. The van der Waals surface area contributed by atoms with Crippen molar-refractivity contribution in [3.05, 3.63) is 11.7 Å². The standard InChI is InChI=1S/C11H21N3O3S/c1-9(18(2,15)16)11-13-10(17-14-11)7-5-3-4-6-8-12/h9H,3-8,12H2,1-2H3. The fourth-order valence-electron chi connectivity index (χ4n) is 1.50. The van der Waals surface area contributed by atoms with Gasteiger partial charge in [0.2, 0.25) is 5.89 Å². The zero-order chi connectivity index (χ0) is 13.6. The third-order valence-corrected chi connectivity index (χ3v) is 4.33. The molecule has 2 N–H and O–H groups in total. The first-order valence-corrected chi connectivity index (χ1v) is 8.12. The van der Waals surface area contributed by atoms with E-state index in [1.807, 2.05) is 0 Å². The molecule has 1 aromatic rings. The van der Waals surface area contributed by atoms with Gasteiger partial charge in [0, 0.05) is 12.7 Å². The van der Waals surface area contributed by atoms with Gasteiger partial charge in [-0.3, -0.25) is 0 Å². The summed E-state index contributed by atoms with van der Waals surface area (Å²) < 4.78 is 27.7. The smallest absolute Gasteiger partial charge is 0.226 e. The Kier molecular flexibility index (Phi) is 5.74. The molecule has 1 aromatic heterocycles. The van der Waals surface area contributed by atoms with Crippen molar-refractivity contribution in [3.63, 3.8) is 0 Å². The molecule has 0 radical (unpaired) electrons. The molecule has 104 valence electrons. The minimum atomic E-state index is -3.17. The molecule has 6 nitrogen and oxygen atoms in total. The lowest BCUT2D eigenvalue weighted by molar-refractivity contribution is 0.368. The van der Waals surface area contributed by atoms with Crippen LogP contribution in [0.2, 0.25) is 0 Å². The van der Waals surface area contributed by atoms with Crippen molar-refractivity contribution in [2.75, 3.05) is 12.8 Å². The van der Waals surface area contributed by atoms with Crippen LogP contribution in [-0.2, 0) is 16.3 Å². The molecular weight excluding hydrogens is 254 g/mol. The van der Waals surface area contributed by atoms with E-state index in [-0.39, 0.29) is 5.82 Å². The topological polar surface area (TPSA) is 99.1 Å². The van der Waals surface area contributed by atoms with E-state index in [2.05, 4.69) is 10.1 Å². The van der Waals surface area contributed by atoms with Crippen LogP contribution in [0.1, 0.15) is 49.6 Å². The van der Waals surface area contributed by atoms with Crippen molar-refractivity contribution in [3.8, 4) is 0 Å². The van der Waals surface area contributed by atoms with Crippen LogP contribution in [0.15, 0.2) is 4.52 Å². The Hall–Kier alpha value is -0.950. The predicted octanol–water partition coefficient (Wildman–Crippen LogP) is 1.24. The van der Waals surface area contributed by atoms with Gasteiger partial charge < -0.3 is 10.3 Å². The molecule has 0 aromatic carbocycles. The number of unbranched alkanes of at least 4 members (excludes halogenated alkanes) is 3. The number of sulfone groups is 1. The molecule has 1 unspecified atom stereocenters. The van der Waals surface area contributed by atoms with Gasteiger partial charge in [-0.1, -0.05) is 18.0 Å². The van der Waals surface area contributed by atoms with E-state index in [0.29, 0.717) is 12.3 Å². The lowest BCUT2D eigenvalue weighted by Crippen LogP contribution is -2.09. The van der Waals surface area contributed by atoms with E-state index in [1.165, 1.54) is 6.26 Å². The first-order chi connectivity index (χ1) is 8.45. The molecule has 0 fully saturated rings. The maximum absolute atomic E-state index is 11.3. The molecule has 1 rings (SSSR count). The van der Waals surface area contributed by atoms with Crippen molar-refractivity contribution < 1.29 is 12.9 Å². The average molecular weight is 275 g/mol. The van der Waals surface area contributed by atoms with Gasteiger partial charge in [0.1, 0.15) is 5.25 Å². The maximum atomic E-state index is 11.3. The Labute approximate surface area is 108 Å². The quantitative estimate of drug-likeness (QED) is 0.716. The Balaban J connectivity index is 2.44. The summed E-state index contributed by atoms with van der Waals surface area (Å²) >= 11 is 0. The van der Waals surface area contributed by atoms with Crippen LogP contribution < -0.4 is 5.73 Å². The SMILES string of the molecule is CC(c1noc(CCCCCCN)n1)S(C)(=O)=O. The molecule has 0 saturated carbocycles. The highest BCUT2D eigenvalue weighted by atomic mass is 32.2. The fourth-order valence-corrected chi connectivity index (χ4v) is 1.98. The molecule has 0 bridgehead atoms. The number of rotatable bonds is 8. The van der Waals surface area contributed by atoms with Crippen molar-refractivity contribution in [1.82, 2.24) is 10.1 Å². The molecule has 0 aliphatic heterocycles. The maximum Gasteiger partial charge on any atom is 0.226 e. The van der Waals surface area contributed by atoms with Crippen LogP contribution in [0.25, 0.3) is 0 Å². The highest BCUT2D eigenvalue weighted by Gasteiger charge is 2.22. The third-order valence-electron chi connectivity index (χ3n) is 2.83. The first kappa shape index (κ1) is 15.1. The Morgan fingerprint density at radius 2 is 1.94 bits per heavy atom. The van der Waals surface area contributed by atoms with Crippen molar-refractivity contribution in [2.24, 2.45) is 5.73 Å². The number of aryl methyl sites for hydroxylation is 1. The Bertz CT molecular complexity index is 456. The average Bonchev–Trinajstić information content (AvgIpc) is 2.75. The second-order valence-corrected chi connectivity index (χ2v) is 6.84. The van der Waals surface area contributed by atoms with Gasteiger partial charge in [-0.25, -0.2) is 8.42 Å². The molecule has 18 heavy (non-hydrogen) atoms. The lowest BCUT2D eigenvalue weighted by atomic mass is 10.1. The Morgan fingerprint density at radius 1 is 1.28 bits per heavy atom. The van der Waals surface area contributed by atoms with Gasteiger partial charge in [0.25, 0.3) is 0 Å². The van der Waals surface area contributed by atoms with Gasteiger partial charge in [-0.15, -0.1) is 0 Å². The van der Waals surface area contributed by atoms with Gasteiger partial charge in [-0.05, 0) is 26.3 Å². The van der Waals surface area contributed by atoms with Crippen LogP contribution in [0.5, 0.6) is 0 Å². The Morgan fingerprint density at radius 3 is 2.56 bits per heavy atom. The summed E-state index contributed by atoms with van der Waals surface area (Å²) in [7, 11) is -3.17. The highest BCUT2D eigenvalue weighted by molar-refractivity contribution is 7.90. The van der Waals surface area contributed by atoms with E-state index in [9.17, 15) is 8.42 Å². The van der Waals surface area contributed by atoms with E-state index in [0.717, 1.165) is 32.2 Å². The van der Waals surface area contributed by atoms with Gasteiger partial charge in [0.15, 0.2) is 15.7 Å². The van der Waals surface area contributed by atoms with Crippen LogP contribution in [0.4, 0.5) is 0 Å². The third kappa shape index (κ3) is 4.73. The molecular formula is C11H21N3O3S. The van der Waals surface area contributed by atoms with Crippen LogP contribution in [0.3, 0.4) is 0 Å². The number of nitrogens with zero attached hydrogens (tertiary/aromatic N) is 2. The van der Waals surface area contributed by atoms with E-state index < -0.39 is 15.1 Å². The summed E-state index contributed by atoms with van der Waals surface area (Å²) in [5.74, 6) is 0.753. The van der Waals surface area contributed by atoms with Crippen molar-refractivity contribution in [1.29, 1.82) is 0 Å². The van der Waals surface area contributed by atoms with Gasteiger partial charge in [-0.2, -0.15) is 4.98 Å². The predicted molar refractivity (Wildman–Crippen MR) is 68.8 cm³/mol.